The minimum atomic E-state index is -0.286. The summed E-state index contributed by atoms with van der Waals surface area (Å²) in [6.45, 7) is 8.09. The van der Waals surface area contributed by atoms with Crippen LogP contribution in [0, 0.1) is 0 Å². The molecule has 0 aromatic rings. The van der Waals surface area contributed by atoms with Crippen LogP contribution in [0.1, 0.15) is 149 Å². The topological polar surface area (TPSA) is 105 Å². The Morgan fingerprint density at radius 2 is 1.34 bits per heavy atom. The third-order valence-electron chi connectivity index (χ3n) is 7.56. The van der Waals surface area contributed by atoms with Gasteiger partial charge >= 0.3 is 5.97 Å². The van der Waals surface area contributed by atoms with Gasteiger partial charge in [-0.3, -0.25) is 14.4 Å². The summed E-state index contributed by atoms with van der Waals surface area (Å²) < 4.78 is 10.8. The number of rotatable bonds is 25. The number of ether oxygens (including phenoxy) is 2. The molecule has 2 amide bonds. The van der Waals surface area contributed by atoms with E-state index >= 15 is 0 Å². The minimum absolute atomic E-state index is 0.186. The lowest BCUT2D eigenvalue weighted by Crippen LogP contribution is -2.38. The number of esters is 1. The van der Waals surface area contributed by atoms with Gasteiger partial charge < -0.3 is 24.8 Å². The summed E-state index contributed by atoms with van der Waals surface area (Å²) in [5, 5.41) is 9.80. The van der Waals surface area contributed by atoms with Crippen LogP contribution in [0.4, 0.5) is 0 Å². The number of aliphatic hydroxyl groups is 1. The molecule has 1 fully saturated rings. The zero-order valence-electron chi connectivity index (χ0n) is 27.1. The van der Waals surface area contributed by atoms with Crippen LogP contribution in [-0.2, 0) is 23.9 Å². The van der Waals surface area contributed by atoms with E-state index in [0.717, 1.165) is 58.6 Å². The van der Waals surface area contributed by atoms with Crippen molar-refractivity contribution in [3.63, 3.8) is 0 Å². The van der Waals surface area contributed by atoms with Crippen LogP contribution in [0.2, 0.25) is 0 Å². The molecule has 0 saturated carbocycles. The van der Waals surface area contributed by atoms with Gasteiger partial charge in [0.2, 0.25) is 5.91 Å². The SMILES string of the molecule is CCCCCCCCCCCCCCCC(=O)OCC(=O)NCCCCCC(=O)N1CCCC1COC(C)C.CO. The van der Waals surface area contributed by atoms with Crippen molar-refractivity contribution in [2.45, 2.75) is 161 Å². The molecular weight excluding hydrogens is 520 g/mol. The first-order valence-electron chi connectivity index (χ1n) is 16.7. The first-order valence-corrected chi connectivity index (χ1v) is 16.7. The minimum Gasteiger partial charge on any atom is -0.456 e. The Kier molecular flexibility index (Phi) is 27.3. The van der Waals surface area contributed by atoms with Gasteiger partial charge in [-0.1, -0.05) is 90.4 Å². The van der Waals surface area contributed by atoms with Crippen molar-refractivity contribution in [2.24, 2.45) is 0 Å². The van der Waals surface area contributed by atoms with Crippen molar-refractivity contribution in [1.82, 2.24) is 10.2 Å². The number of nitrogens with one attached hydrogen (secondary N) is 1. The lowest BCUT2D eigenvalue weighted by Gasteiger charge is -2.25. The smallest absolute Gasteiger partial charge is 0.306 e. The van der Waals surface area contributed by atoms with Gasteiger partial charge in [-0.25, -0.2) is 0 Å². The van der Waals surface area contributed by atoms with Gasteiger partial charge in [0, 0.05) is 33.0 Å². The number of unbranched alkanes of at least 4 members (excludes halogenated alkanes) is 14. The molecule has 0 aromatic heterocycles. The Balaban J connectivity index is 0.00000781. The molecule has 1 atom stereocenters. The molecule has 1 saturated heterocycles. The van der Waals surface area contributed by atoms with Crippen molar-refractivity contribution < 1.29 is 29.0 Å². The lowest BCUT2D eigenvalue weighted by atomic mass is 10.0. The van der Waals surface area contributed by atoms with Gasteiger partial charge in [0.15, 0.2) is 6.61 Å². The van der Waals surface area contributed by atoms with Gasteiger partial charge in [0.25, 0.3) is 5.91 Å². The molecule has 0 spiro atoms. The predicted octanol–water partition coefficient (Wildman–Crippen LogP) is 6.71. The maximum atomic E-state index is 12.6. The molecule has 242 valence electrons. The van der Waals surface area contributed by atoms with Crippen LogP contribution in [0.15, 0.2) is 0 Å². The molecule has 0 radical (unpaired) electrons. The summed E-state index contributed by atoms with van der Waals surface area (Å²) >= 11 is 0. The van der Waals surface area contributed by atoms with Gasteiger partial charge in [-0.05, 0) is 46.0 Å². The van der Waals surface area contributed by atoms with Crippen LogP contribution in [0.5, 0.6) is 0 Å². The quantitative estimate of drug-likeness (QED) is 0.0913. The second-order valence-electron chi connectivity index (χ2n) is 11.6. The fourth-order valence-corrected chi connectivity index (χ4v) is 5.15. The Hall–Kier alpha value is -1.67. The van der Waals surface area contributed by atoms with Gasteiger partial charge in [0.05, 0.1) is 18.8 Å². The Bertz CT molecular complexity index is 643. The van der Waals surface area contributed by atoms with Crippen LogP contribution in [0.3, 0.4) is 0 Å². The van der Waals surface area contributed by atoms with Gasteiger partial charge in [0.1, 0.15) is 0 Å². The monoisotopic (exact) mass is 584 g/mol. The zero-order chi connectivity index (χ0) is 30.6. The Morgan fingerprint density at radius 3 is 1.93 bits per heavy atom. The summed E-state index contributed by atoms with van der Waals surface area (Å²) in [5.74, 6) is -0.329. The summed E-state index contributed by atoms with van der Waals surface area (Å²) in [6, 6.07) is 0.214. The molecule has 1 heterocycles. The van der Waals surface area contributed by atoms with Gasteiger partial charge in [-0.15, -0.1) is 0 Å². The fourth-order valence-electron chi connectivity index (χ4n) is 5.15. The van der Waals surface area contributed by atoms with Gasteiger partial charge in [-0.2, -0.15) is 0 Å². The number of hydrogen-bond donors (Lipinski definition) is 2. The Morgan fingerprint density at radius 1 is 0.805 bits per heavy atom. The number of likely N-dealkylation sites (tertiary alicyclic amines) is 1. The summed E-state index contributed by atoms with van der Waals surface area (Å²) in [5.41, 5.74) is 0. The number of amides is 2. The van der Waals surface area contributed by atoms with E-state index in [0.29, 0.717) is 26.0 Å². The highest BCUT2D eigenvalue weighted by Crippen LogP contribution is 2.20. The van der Waals surface area contributed by atoms with E-state index in [1.165, 1.54) is 70.6 Å². The van der Waals surface area contributed by atoms with Crippen LogP contribution in [-0.4, -0.2) is 73.3 Å². The molecule has 0 aromatic carbocycles. The molecule has 0 bridgehead atoms. The van der Waals surface area contributed by atoms with Crippen molar-refractivity contribution in [3.05, 3.63) is 0 Å². The Labute approximate surface area is 251 Å². The van der Waals surface area contributed by atoms with E-state index in [-0.39, 0.29) is 36.5 Å². The molecule has 0 aliphatic carbocycles. The molecule has 1 aliphatic rings. The summed E-state index contributed by atoms with van der Waals surface area (Å²) in [4.78, 5) is 38.4. The number of aliphatic hydroxyl groups excluding tert-OH is 1. The lowest BCUT2D eigenvalue weighted by molar-refractivity contribution is -0.148. The maximum absolute atomic E-state index is 12.6. The van der Waals surface area contributed by atoms with E-state index in [1.54, 1.807) is 0 Å². The molecule has 8 nitrogen and oxygen atoms in total. The largest absolute Gasteiger partial charge is 0.456 e. The van der Waals surface area contributed by atoms with Crippen molar-refractivity contribution in [3.8, 4) is 0 Å². The first-order chi connectivity index (χ1) is 19.9. The highest BCUT2D eigenvalue weighted by Gasteiger charge is 2.28. The van der Waals surface area contributed by atoms with E-state index < -0.39 is 0 Å². The maximum Gasteiger partial charge on any atom is 0.306 e. The standard InChI is InChI=1S/C32H60N2O5.CH4O/c1-4-5-6-7-8-9-10-11-12-13-14-15-18-23-32(37)39-27-30(35)33-24-19-16-17-22-31(36)34-25-20-21-29(34)26-38-28(2)3;1-2/h28-29H,4-27H2,1-3H3,(H,33,35);2H,1H3. The van der Waals surface area contributed by atoms with Crippen molar-refractivity contribution >= 4 is 17.8 Å². The number of carbonyl (C=O) groups is 3. The van der Waals surface area contributed by atoms with E-state index in [9.17, 15) is 14.4 Å². The second kappa shape index (κ2) is 28.4. The normalized spacial score (nSPS) is 14.6. The number of carbonyl (C=O) groups excluding carboxylic acids is 3. The van der Waals surface area contributed by atoms with E-state index in [1.807, 2.05) is 18.7 Å². The van der Waals surface area contributed by atoms with E-state index in [4.69, 9.17) is 14.6 Å². The molecule has 1 aliphatic heterocycles. The molecule has 8 heteroatoms. The highest BCUT2D eigenvalue weighted by molar-refractivity contribution is 5.80. The summed E-state index contributed by atoms with van der Waals surface area (Å²) in [7, 11) is 1.00. The van der Waals surface area contributed by atoms with Crippen LogP contribution in [0.25, 0.3) is 0 Å². The van der Waals surface area contributed by atoms with E-state index in [2.05, 4.69) is 12.2 Å². The average Bonchev–Trinajstić information content (AvgIpc) is 3.45. The van der Waals surface area contributed by atoms with Crippen LogP contribution >= 0.6 is 0 Å². The molecule has 41 heavy (non-hydrogen) atoms. The van der Waals surface area contributed by atoms with Crippen molar-refractivity contribution in [2.75, 3.05) is 33.4 Å². The molecular formula is C33H64N2O6. The van der Waals surface area contributed by atoms with Crippen LogP contribution < -0.4 is 5.32 Å². The molecule has 1 rings (SSSR count). The average molecular weight is 585 g/mol. The fraction of sp³-hybridized carbons (Fsp3) is 0.909. The predicted molar refractivity (Wildman–Crippen MR) is 167 cm³/mol. The molecule has 1 unspecified atom stereocenters. The molecule has 2 N–H and O–H groups in total. The zero-order valence-corrected chi connectivity index (χ0v) is 27.1. The summed E-state index contributed by atoms with van der Waals surface area (Å²) in [6.07, 6.45) is 22.2. The highest BCUT2D eigenvalue weighted by atomic mass is 16.5. The number of hydrogen-bond acceptors (Lipinski definition) is 6. The first kappa shape index (κ1) is 39.3. The third kappa shape index (κ3) is 23.6. The third-order valence-corrected chi connectivity index (χ3v) is 7.56. The van der Waals surface area contributed by atoms with Crippen molar-refractivity contribution in [1.29, 1.82) is 0 Å². The second-order valence-corrected chi connectivity index (χ2v) is 11.6. The number of nitrogens with zero attached hydrogens (tertiary/aromatic N) is 1.